The van der Waals surface area contributed by atoms with Gasteiger partial charge in [-0.2, -0.15) is 0 Å². The molecule has 1 aromatic carbocycles. The van der Waals surface area contributed by atoms with E-state index >= 15 is 0 Å². The second-order valence-corrected chi connectivity index (χ2v) is 9.62. The summed E-state index contributed by atoms with van der Waals surface area (Å²) in [4.78, 5) is 10.4. The first-order valence-electron chi connectivity index (χ1n) is 8.18. The van der Waals surface area contributed by atoms with Crippen LogP contribution in [0.15, 0.2) is 52.3 Å². The van der Waals surface area contributed by atoms with Gasteiger partial charge in [-0.25, -0.2) is 18.4 Å². The number of hydrogen-bond donors (Lipinski definition) is 1. The Morgan fingerprint density at radius 3 is 2.65 bits per heavy atom. The minimum Gasteiger partial charge on any atom is -0.375 e. The first kappa shape index (κ1) is 17.5. The molecule has 1 aliphatic carbocycles. The molecule has 2 N–H and O–H groups in total. The number of aromatic nitrogens is 2. The molecule has 0 spiro atoms. The van der Waals surface area contributed by atoms with E-state index in [1.54, 1.807) is 36.4 Å². The number of thiazole rings is 1. The third-order valence-corrected chi connectivity index (χ3v) is 7.38. The molecule has 0 saturated heterocycles. The molecular weight excluding hydrogens is 390 g/mol. The third-order valence-electron chi connectivity index (χ3n) is 4.48. The van der Waals surface area contributed by atoms with Crippen molar-refractivity contribution in [1.82, 2.24) is 9.97 Å². The van der Waals surface area contributed by atoms with Crippen LogP contribution in [0, 0.1) is 0 Å². The summed E-state index contributed by atoms with van der Waals surface area (Å²) in [6.07, 6.45) is 2.76. The molecule has 26 heavy (non-hydrogen) atoms. The van der Waals surface area contributed by atoms with Gasteiger partial charge in [-0.05, 0) is 43.5 Å². The van der Waals surface area contributed by atoms with Crippen molar-refractivity contribution in [3.63, 3.8) is 0 Å². The molecule has 0 aliphatic heterocycles. The van der Waals surface area contributed by atoms with Crippen LogP contribution in [-0.2, 0) is 16.3 Å². The molecule has 0 saturated carbocycles. The summed E-state index contributed by atoms with van der Waals surface area (Å²) in [5.41, 5.74) is 7.39. The van der Waals surface area contributed by atoms with Gasteiger partial charge in [0, 0.05) is 10.8 Å². The molecule has 2 aromatic heterocycles. The van der Waals surface area contributed by atoms with Crippen molar-refractivity contribution in [1.29, 1.82) is 0 Å². The Balaban J connectivity index is 1.81. The van der Waals surface area contributed by atoms with Gasteiger partial charge in [-0.15, -0.1) is 11.3 Å². The Labute approximate surface area is 160 Å². The summed E-state index contributed by atoms with van der Waals surface area (Å²) < 4.78 is 25.9. The molecule has 1 atom stereocenters. The molecule has 2 heterocycles. The lowest BCUT2D eigenvalue weighted by molar-refractivity contribution is 0.589. The molecule has 0 fully saturated rings. The van der Waals surface area contributed by atoms with Crippen LogP contribution >= 0.6 is 22.9 Å². The van der Waals surface area contributed by atoms with E-state index in [2.05, 4.69) is 9.97 Å². The van der Waals surface area contributed by atoms with Gasteiger partial charge in [0.2, 0.25) is 9.84 Å². The van der Waals surface area contributed by atoms with Crippen LogP contribution in [0.4, 0.5) is 5.13 Å². The first-order valence-corrected chi connectivity index (χ1v) is 10.9. The molecule has 0 radical (unpaired) electrons. The quantitative estimate of drug-likeness (QED) is 0.663. The lowest BCUT2D eigenvalue weighted by Gasteiger charge is -2.21. The topological polar surface area (TPSA) is 85.9 Å². The maximum absolute atomic E-state index is 13.0. The normalized spacial score (nSPS) is 17.0. The highest BCUT2D eigenvalue weighted by Crippen LogP contribution is 2.40. The fourth-order valence-electron chi connectivity index (χ4n) is 3.29. The Bertz CT molecular complexity index is 1070. The minimum absolute atomic E-state index is 0.0873. The smallest absolute Gasteiger partial charge is 0.206 e. The fraction of sp³-hybridized carbons (Fsp3) is 0.222. The number of nitrogen functional groups attached to an aromatic ring is 1. The van der Waals surface area contributed by atoms with Crippen LogP contribution in [0.2, 0.25) is 5.15 Å². The molecule has 5 nitrogen and oxygen atoms in total. The van der Waals surface area contributed by atoms with Gasteiger partial charge in [0.05, 0.1) is 21.2 Å². The lowest BCUT2D eigenvalue weighted by atomic mass is 9.88. The number of benzene rings is 1. The molecule has 3 aromatic rings. The summed E-state index contributed by atoms with van der Waals surface area (Å²) in [6.45, 7) is 0. The van der Waals surface area contributed by atoms with Crippen molar-refractivity contribution in [3.8, 4) is 0 Å². The van der Waals surface area contributed by atoms with Gasteiger partial charge >= 0.3 is 0 Å². The van der Waals surface area contributed by atoms with E-state index < -0.39 is 9.84 Å². The number of hydrogen-bond acceptors (Lipinski definition) is 6. The van der Waals surface area contributed by atoms with Crippen LogP contribution < -0.4 is 5.73 Å². The summed E-state index contributed by atoms with van der Waals surface area (Å²) in [5, 5.41) is 0.688. The van der Waals surface area contributed by atoms with Crippen molar-refractivity contribution in [2.75, 3.05) is 5.73 Å². The Kier molecular flexibility index (Phi) is 4.46. The molecule has 1 aliphatic rings. The standard InChI is InChI=1S/C18H16ClN3O2S2/c19-16-10-12(26(23,24)11-5-2-1-3-6-11)9-14(21-16)13-7-4-8-15-17(13)22-18(20)25-15/h1-3,5-6,9-10,13H,4,7-8H2,(H2,20,22). The zero-order chi connectivity index (χ0) is 18.3. The molecule has 4 rings (SSSR count). The van der Waals surface area contributed by atoms with Gasteiger partial charge in [0.1, 0.15) is 5.15 Å². The molecule has 1 unspecified atom stereocenters. The monoisotopic (exact) mass is 405 g/mol. The lowest BCUT2D eigenvalue weighted by Crippen LogP contribution is -2.13. The van der Waals surface area contributed by atoms with Crippen LogP contribution in [0.3, 0.4) is 0 Å². The Hall–Kier alpha value is -1.96. The third kappa shape index (κ3) is 3.11. The number of nitrogens with zero attached hydrogens (tertiary/aromatic N) is 2. The molecular formula is C18H16ClN3O2S2. The van der Waals surface area contributed by atoms with Crippen LogP contribution in [0.25, 0.3) is 0 Å². The maximum atomic E-state index is 13.0. The van der Waals surface area contributed by atoms with E-state index in [4.69, 9.17) is 17.3 Å². The molecule has 0 amide bonds. The summed E-state index contributed by atoms with van der Waals surface area (Å²) in [7, 11) is -3.66. The van der Waals surface area contributed by atoms with Crippen LogP contribution in [-0.4, -0.2) is 18.4 Å². The van der Waals surface area contributed by atoms with Crippen molar-refractivity contribution >= 4 is 37.9 Å². The van der Waals surface area contributed by atoms with Gasteiger partial charge in [-0.3, -0.25) is 0 Å². The van der Waals surface area contributed by atoms with Gasteiger partial charge in [-0.1, -0.05) is 29.8 Å². The van der Waals surface area contributed by atoms with E-state index in [-0.39, 0.29) is 20.9 Å². The average Bonchev–Trinajstić information content (AvgIpc) is 3.02. The van der Waals surface area contributed by atoms with Crippen LogP contribution in [0.1, 0.15) is 35.0 Å². The average molecular weight is 406 g/mol. The predicted molar refractivity (Wildman–Crippen MR) is 102 cm³/mol. The zero-order valence-electron chi connectivity index (χ0n) is 13.7. The van der Waals surface area contributed by atoms with E-state index in [1.807, 2.05) is 0 Å². The summed E-state index contributed by atoms with van der Waals surface area (Å²) in [5.74, 6) is -0.0873. The van der Waals surface area contributed by atoms with Gasteiger partial charge in [0.25, 0.3) is 0 Å². The number of anilines is 1. The second kappa shape index (κ2) is 6.64. The number of fused-ring (bicyclic) bond motifs is 1. The fourth-order valence-corrected chi connectivity index (χ4v) is 5.83. The molecule has 8 heteroatoms. The number of aryl methyl sites for hydroxylation is 1. The molecule has 134 valence electrons. The summed E-state index contributed by atoms with van der Waals surface area (Å²) in [6, 6.07) is 11.3. The van der Waals surface area contributed by atoms with E-state index in [0.29, 0.717) is 10.8 Å². The SMILES string of the molecule is Nc1nc2c(s1)CCCC2c1cc(S(=O)(=O)c2ccccc2)cc(Cl)n1. The highest BCUT2D eigenvalue weighted by molar-refractivity contribution is 7.91. The first-order chi connectivity index (χ1) is 12.4. The number of halogens is 1. The molecule has 0 bridgehead atoms. The predicted octanol–water partition coefficient (Wildman–Crippen LogP) is 4.07. The Morgan fingerprint density at radius 2 is 1.88 bits per heavy atom. The van der Waals surface area contributed by atoms with Crippen LogP contribution in [0.5, 0.6) is 0 Å². The van der Waals surface area contributed by atoms with E-state index in [0.717, 1.165) is 29.8 Å². The summed E-state index contributed by atoms with van der Waals surface area (Å²) >= 11 is 7.66. The van der Waals surface area contributed by atoms with Crippen molar-refractivity contribution in [2.24, 2.45) is 0 Å². The second-order valence-electron chi connectivity index (χ2n) is 6.17. The largest absolute Gasteiger partial charge is 0.375 e. The highest BCUT2D eigenvalue weighted by atomic mass is 35.5. The minimum atomic E-state index is -3.66. The Morgan fingerprint density at radius 1 is 1.12 bits per heavy atom. The van der Waals surface area contributed by atoms with E-state index in [9.17, 15) is 8.42 Å². The van der Waals surface area contributed by atoms with E-state index in [1.165, 1.54) is 17.4 Å². The van der Waals surface area contributed by atoms with Gasteiger partial charge < -0.3 is 5.73 Å². The van der Waals surface area contributed by atoms with Gasteiger partial charge in [0.15, 0.2) is 5.13 Å². The number of sulfone groups is 1. The highest BCUT2D eigenvalue weighted by Gasteiger charge is 2.29. The number of pyridine rings is 1. The van der Waals surface area contributed by atoms with Crippen molar-refractivity contribution in [3.05, 3.63) is 63.9 Å². The van der Waals surface area contributed by atoms with Crippen molar-refractivity contribution < 1.29 is 8.42 Å². The zero-order valence-corrected chi connectivity index (χ0v) is 16.1. The number of rotatable bonds is 3. The number of nitrogens with two attached hydrogens (primary N) is 1. The maximum Gasteiger partial charge on any atom is 0.206 e. The van der Waals surface area contributed by atoms with Crippen molar-refractivity contribution in [2.45, 2.75) is 35.0 Å².